The minimum atomic E-state index is -0.180. The van der Waals surface area contributed by atoms with Gasteiger partial charge in [0.25, 0.3) is 5.91 Å². The molecule has 1 aromatic heterocycles. The molecule has 0 fully saturated rings. The van der Waals surface area contributed by atoms with E-state index in [2.05, 4.69) is 41.6 Å². The molecular formula is C22H20N4O. The molecule has 27 heavy (non-hydrogen) atoms. The molecule has 1 aliphatic rings. The molecule has 0 unspecified atom stereocenters. The van der Waals surface area contributed by atoms with Crippen LogP contribution in [-0.2, 0) is 4.79 Å². The average Bonchev–Trinajstić information content (AvgIpc) is 3.00. The van der Waals surface area contributed by atoms with Crippen LogP contribution in [0.4, 0.5) is 5.69 Å². The molecule has 1 amide bonds. The standard InChI is InChI=1S/C22H20N4O/c1-14(2)20-22(27)23-18-7-5-4-6-17(18)21-24-19(25-26(20)21)13-12-16-10-8-15(3)9-11-16/h4-13H,1-3H3,(H,23,27)/b13-12+. The molecule has 2 heterocycles. The van der Waals surface area contributed by atoms with Crippen molar-refractivity contribution in [1.82, 2.24) is 14.8 Å². The zero-order chi connectivity index (χ0) is 19.0. The molecule has 3 aromatic rings. The number of carbonyl (C=O) groups excluding carboxylic acids is 1. The molecule has 0 aliphatic carbocycles. The predicted molar refractivity (Wildman–Crippen MR) is 109 cm³/mol. The second-order valence-corrected chi connectivity index (χ2v) is 6.80. The fraction of sp³-hybridized carbons (Fsp3) is 0.136. The molecule has 0 bridgehead atoms. The summed E-state index contributed by atoms with van der Waals surface area (Å²) in [5, 5.41) is 7.55. The minimum absolute atomic E-state index is 0.180. The van der Waals surface area contributed by atoms with Gasteiger partial charge in [0.15, 0.2) is 11.6 Å². The van der Waals surface area contributed by atoms with E-state index in [1.165, 1.54) is 5.56 Å². The van der Waals surface area contributed by atoms with Crippen LogP contribution in [0.15, 0.2) is 54.1 Å². The maximum Gasteiger partial charge on any atom is 0.274 e. The van der Waals surface area contributed by atoms with E-state index in [1.807, 2.05) is 50.3 Å². The van der Waals surface area contributed by atoms with Crippen LogP contribution in [0.25, 0.3) is 29.2 Å². The number of benzene rings is 2. The van der Waals surface area contributed by atoms with E-state index in [9.17, 15) is 4.79 Å². The van der Waals surface area contributed by atoms with Crippen LogP contribution in [0.3, 0.4) is 0 Å². The van der Waals surface area contributed by atoms with Crippen LogP contribution in [0, 0.1) is 6.92 Å². The molecule has 4 rings (SSSR count). The fourth-order valence-corrected chi connectivity index (χ4v) is 3.08. The van der Waals surface area contributed by atoms with Crippen molar-refractivity contribution in [3.63, 3.8) is 0 Å². The monoisotopic (exact) mass is 356 g/mol. The first-order valence-electron chi connectivity index (χ1n) is 8.83. The number of amides is 1. The van der Waals surface area contributed by atoms with Crippen LogP contribution in [0.1, 0.15) is 30.8 Å². The van der Waals surface area contributed by atoms with Gasteiger partial charge in [0.1, 0.15) is 5.70 Å². The Hall–Kier alpha value is -3.47. The summed E-state index contributed by atoms with van der Waals surface area (Å²) < 4.78 is 1.64. The lowest BCUT2D eigenvalue weighted by molar-refractivity contribution is -0.111. The van der Waals surface area contributed by atoms with Gasteiger partial charge in [-0.3, -0.25) is 4.79 Å². The molecule has 0 atom stereocenters. The number of aromatic nitrogens is 3. The first-order chi connectivity index (χ1) is 13.0. The highest BCUT2D eigenvalue weighted by Gasteiger charge is 2.26. The Balaban J connectivity index is 1.83. The molecule has 1 aliphatic heterocycles. The molecule has 0 saturated carbocycles. The molecule has 1 N–H and O–H groups in total. The van der Waals surface area contributed by atoms with Gasteiger partial charge in [-0.05, 0) is 50.1 Å². The zero-order valence-corrected chi connectivity index (χ0v) is 15.5. The highest BCUT2D eigenvalue weighted by molar-refractivity contribution is 6.23. The maximum atomic E-state index is 12.7. The number of anilines is 1. The Labute approximate surface area is 158 Å². The van der Waals surface area contributed by atoms with E-state index in [-0.39, 0.29) is 5.91 Å². The van der Waals surface area contributed by atoms with Crippen molar-refractivity contribution in [3.05, 3.63) is 71.1 Å². The number of para-hydroxylation sites is 1. The summed E-state index contributed by atoms with van der Waals surface area (Å²) in [6.45, 7) is 5.86. The number of allylic oxidation sites excluding steroid dienone is 1. The third-order valence-corrected chi connectivity index (χ3v) is 4.44. The van der Waals surface area contributed by atoms with E-state index in [4.69, 9.17) is 4.98 Å². The van der Waals surface area contributed by atoms with Gasteiger partial charge in [0.2, 0.25) is 0 Å². The normalized spacial score (nSPS) is 13.1. The Morgan fingerprint density at radius 2 is 1.78 bits per heavy atom. The van der Waals surface area contributed by atoms with E-state index < -0.39 is 0 Å². The molecule has 0 spiro atoms. The quantitative estimate of drug-likeness (QED) is 0.681. The number of nitrogens with zero attached hydrogens (tertiary/aromatic N) is 3. The number of hydrogen-bond acceptors (Lipinski definition) is 3. The van der Waals surface area contributed by atoms with Crippen molar-refractivity contribution in [1.29, 1.82) is 0 Å². The van der Waals surface area contributed by atoms with Crippen molar-refractivity contribution in [2.75, 3.05) is 5.32 Å². The minimum Gasteiger partial charge on any atom is -0.320 e. The van der Waals surface area contributed by atoms with Gasteiger partial charge in [0, 0.05) is 5.56 Å². The summed E-state index contributed by atoms with van der Waals surface area (Å²) in [7, 11) is 0. The Morgan fingerprint density at radius 1 is 1.04 bits per heavy atom. The fourth-order valence-electron chi connectivity index (χ4n) is 3.08. The van der Waals surface area contributed by atoms with Gasteiger partial charge in [-0.15, -0.1) is 5.10 Å². The third-order valence-electron chi connectivity index (χ3n) is 4.44. The topological polar surface area (TPSA) is 59.8 Å². The highest BCUT2D eigenvalue weighted by Crippen LogP contribution is 2.33. The second-order valence-electron chi connectivity index (χ2n) is 6.80. The second kappa shape index (κ2) is 6.68. The smallest absolute Gasteiger partial charge is 0.274 e. The summed E-state index contributed by atoms with van der Waals surface area (Å²) in [4.78, 5) is 17.4. The molecular weight excluding hydrogens is 336 g/mol. The van der Waals surface area contributed by atoms with E-state index in [1.54, 1.807) is 4.68 Å². The third kappa shape index (κ3) is 3.19. The summed E-state index contributed by atoms with van der Waals surface area (Å²) in [6, 6.07) is 15.9. The van der Waals surface area contributed by atoms with Gasteiger partial charge < -0.3 is 5.32 Å². The number of nitrogens with one attached hydrogen (secondary N) is 1. The van der Waals surface area contributed by atoms with E-state index in [0.29, 0.717) is 17.3 Å². The highest BCUT2D eigenvalue weighted by atomic mass is 16.2. The van der Waals surface area contributed by atoms with Gasteiger partial charge in [0.05, 0.1) is 5.69 Å². The summed E-state index contributed by atoms with van der Waals surface area (Å²) in [5.41, 5.74) is 5.26. The molecule has 2 aromatic carbocycles. The van der Waals surface area contributed by atoms with Crippen LogP contribution in [0.2, 0.25) is 0 Å². The molecule has 0 radical (unpaired) electrons. The predicted octanol–water partition coefficient (Wildman–Crippen LogP) is 4.63. The maximum absolute atomic E-state index is 12.7. The lowest BCUT2D eigenvalue weighted by Gasteiger charge is -2.07. The van der Waals surface area contributed by atoms with Gasteiger partial charge in [-0.2, -0.15) is 0 Å². The van der Waals surface area contributed by atoms with Crippen LogP contribution in [0.5, 0.6) is 0 Å². The van der Waals surface area contributed by atoms with Crippen molar-refractivity contribution >= 4 is 29.4 Å². The van der Waals surface area contributed by atoms with Crippen molar-refractivity contribution in [3.8, 4) is 11.4 Å². The van der Waals surface area contributed by atoms with Gasteiger partial charge in [-0.1, -0.05) is 48.0 Å². The van der Waals surface area contributed by atoms with E-state index >= 15 is 0 Å². The van der Waals surface area contributed by atoms with E-state index in [0.717, 1.165) is 22.4 Å². The number of hydrogen-bond donors (Lipinski definition) is 1. The number of rotatable bonds is 2. The van der Waals surface area contributed by atoms with Gasteiger partial charge >= 0.3 is 0 Å². The number of carbonyl (C=O) groups is 1. The first-order valence-corrected chi connectivity index (χ1v) is 8.83. The summed E-state index contributed by atoms with van der Waals surface area (Å²) >= 11 is 0. The Bertz CT molecular complexity index is 1080. The molecule has 5 nitrogen and oxygen atoms in total. The Kier molecular flexibility index (Phi) is 4.20. The SMILES string of the molecule is CC(C)=C1C(=O)Nc2ccccc2-c2nc(/C=C/c3ccc(C)cc3)nn21. The summed E-state index contributed by atoms with van der Waals surface area (Å²) in [5.74, 6) is 1.04. The molecule has 134 valence electrons. The van der Waals surface area contributed by atoms with Crippen LogP contribution >= 0.6 is 0 Å². The van der Waals surface area contributed by atoms with Crippen molar-refractivity contribution in [2.45, 2.75) is 20.8 Å². The Morgan fingerprint density at radius 3 is 2.52 bits per heavy atom. The molecule has 5 heteroatoms. The van der Waals surface area contributed by atoms with Crippen molar-refractivity contribution in [2.24, 2.45) is 0 Å². The first kappa shape index (κ1) is 17.0. The van der Waals surface area contributed by atoms with Crippen molar-refractivity contribution < 1.29 is 4.79 Å². The van der Waals surface area contributed by atoms with Crippen LogP contribution in [-0.4, -0.2) is 20.7 Å². The van der Waals surface area contributed by atoms with Crippen LogP contribution < -0.4 is 5.32 Å². The number of fused-ring (bicyclic) bond motifs is 3. The van der Waals surface area contributed by atoms with Gasteiger partial charge in [-0.25, -0.2) is 9.67 Å². The average molecular weight is 356 g/mol. The number of aryl methyl sites for hydroxylation is 1. The largest absolute Gasteiger partial charge is 0.320 e. The lowest BCUT2D eigenvalue weighted by Crippen LogP contribution is -2.17. The summed E-state index contributed by atoms with van der Waals surface area (Å²) in [6.07, 6.45) is 3.85. The zero-order valence-electron chi connectivity index (χ0n) is 15.5. The lowest BCUT2D eigenvalue weighted by atomic mass is 10.1. The molecule has 0 saturated heterocycles.